The van der Waals surface area contributed by atoms with Crippen LogP contribution in [0.25, 0.3) is 6.08 Å². The second-order valence-electron chi connectivity index (χ2n) is 9.00. The Hall–Kier alpha value is -3.85. The zero-order chi connectivity index (χ0) is 25.2. The quantitative estimate of drug-likeness (QED) is 0.322. The first-order valence-electron chi connectivity index (χ1n) is 11.6. The van der Waals surface area contributed by atoms with E-state index in [4.69, 9.17) is 0 Å². The fraction of sp³-hybridized carbons (Fsp3) is 0.346. The standard InChI is InChI=1S/C26H27N3O6/c1-2-3-15-28-23(30)21-20(14-11-17-7-5-4-6-8-17)27-26(25(32)33,22(21)24(28)31)16-18-9-12-19(13-10-18)29(34)35/h4-14,20-22,27H,2-3,15-16H2,1H3,(H,32,33)/b14-11+. The largest absolute Gasteiger partial charge is 0.480 e. The molecule has 2 amide bonds. The number of carboxylic acids is 1. The highest BCUT2D eigenvalue weighted by molar-refractivity contribution is 6.09. The van der Waals surface area contributed by atoms with E-state index in [1.54, 1.807) is 6.08 Å². The summed E-state index contributed by atoms with van der Waals surface area (Å²) in [5, 5.41) is 24.5. The molecule has 0 spiro atoms. The number of nitrogens with zero attached hydrogens (tertiary/aromatic N) is 2. The number of carbonyl (C=O) groups is 3. The van der Waals surface area contributed by atoms with Gasteiger partial charge in [-0.3, -0.25) is 34.7 Å². The molecular weight excluding hydrogens is 450 g/mol. The number of fused-ring (bicyclic) bond motifs is 1. The molecule has 2 N–H and O–H groups in total. The third kappa shape index (κ3) is 4.46. The number of benzene rings is 2. The van der Waals surface area contributed by atoms with Crippen LogP contribution in [0.3, 0.4) is 0 Å². The molecule has 0 radical (unpaired) electrons. The van der Waals surface area contributed by atoms with Gasteiger partial charge in [0, 0.05) is 31.1 Å². The minimum Gasteiger partial charge on any atom is -0.480 e. The lowest BCUT2D eigenvalue weighted by molar-refractivity contribution is -0.384. The summed E-state index contributed by atoms with van der Waals surface area (Å²) in [7, 11) is 0. The van der Waals surface area contributed by atoms with Gasteiger partial charge in [0.25, 0.3) is 5.69 Å². The van der Waals surface area contributed by atoms with Crippen LogP contribution in [0.4, 0.5) is 5.69 Å². The van der Waals surface area contributed by atoms with Gasteiger partial charge in [-0.1, -0.05) is 68.0 Å². The summed E-state index contributed by atoms with van der Waals surface area (Å²) in [4.78, 5) is 51.3. The van der Waals surface area contributed by atoms with E-state index in [0.29, 0.717) is 12.0 Å². The van der Waals surface area contributed by atoms with Crippen LogP contribution in [0.2, 0.25) is 0 Å². The molecule has 9 nitrogen and oxygen atoms in total. The lowest BCUT2D eigenvalue weighted by atomic mass is 9.76. The van der Waals surface area contributed by atoms with Crippen LogP contribution in [-0.4, -0.2) is 50.8 Å². The van der Waals surface area contributed by atoms with Crippen LogP contribution >= 0.6 is 0 Å². The molecule has 0 aromatic heterocycles. The topological polar surface area (TPSA) is 130 Å². The Morgan fingerprint density at radius 3 is 2.43 bits per heavy atom. The molecule has 2 saturated heterocycles. The van der Waals surface area contributed by atoms with E-state index in [1.807, 2.05) is 43.3 Å². The summed E-state index contributed by atoms with van der Waals surface area (Å²) in [6, 6.07) is 14.3. The number of carbonyl (C=O) groups excluding carboxylic acids is 2. The molecule has 2 aliphatic heterocycles. The highest BCUT2D eigenvalue weighted by atomic mass is 16.6. The number of likely N-dealkylation sites (tertiary alicyclic amines) is 1. The van der Waals surface area contributed by atoms with E-state index in [1.165, 1.54) is 29.2 Å². The average Bonchev–Trinajstić information content (AvgIpc) is 3.31. The Bertz CT molecular complexity index is 1160. The second-order valence-corrected chi connectivity index (χ2v) is 9.00. The van der Waals surface area contributed by atoms with Crippen LogP contribution in [0, 0.1) is 22.0 Å². The lowest BCUT2D eigenvalue weighted by Gasteiger charge is -2.31. The number of unbranched alkanes of at least 4 members (excludes halogenated alkanes) is 1. The molecule has 2 aliphatic rings. The average molecular weight is 478 g/mol. The first-order chi connectivity index (χ1) is 16.8. The zero-order valence-corrected chi connectivity index (χ0v) is 19.3. The first-order valence-corrected chi connectivity index (χ1v) is 11.6. The van der Waals surface area contributed by atoms with Crippen molar-refractivity contribution < 1.29 is 24.4 Å². The molecule has 4 rings (SSSR count). The summed E-state index contributed by atoms with van der Waals surface area (Å²) >= 11 is 0. The van der Waals surface area contributed by atoms with Gasteiger partial charge in [0.15, 0.2) is 0 Å². The smallest absolute Gasteiger partial charge is 0.325 e. The Morgan fingerprint density at radius 2 is 1.83 bits per heavy atom. The maximum atomic E-state index is 13.5. The van der Waals surface area contributed by atoms with Crippen molar-refractivity contribution in [3.05, 3.63) is 81.9 Å². The normalized spacial score (nSPS) is 25.9. The summed E-state index contributed by atoms with van der Waals surface area (Å²) in [6.07, 6.45) is 4.89. The summed E-state index contributed by atoms with van der Waals surface area (Å²) in [6.45, 7) is 2.21. The molecule has 9 heteroatoms. The molecule has 182 valence electrons. The van der Waals surface area contributed by atoms with Crippen molar-refractivity contribution in [2.24, 2.45) is 11.8 Å². The molecule has 2 fully saturated rings. The van der Waals surface area contributed by atoms with E-state index in [0.717, 1.165) is 12.0 Å². The van der Waals surface area contributed by atoms with Crippen LogP contribution < -0.4 is 5.32 Å². The maximum Gasteiger partial charge on any atom is 0.325 e. The summed E-state index contributed by atoms with van der Waals surface area (Å²) < 4.78 is 0. The highest BCUT2D eigenvalue weighted by Gasteiger charge is 2.67. The maximum absolute atomic E-state index is 13.5. The number of hydrogen-bond donors (Lipinski definition) is 2. The Kier molecular flexibility index (Phi) is 6.79. The number of nitrogens with one attached hydrogen (secondary N) is 1. The summed E-state index contributed by atoms with van der Waals surface area (Å²) in [5.74, 6) is -4.03. The van der Waals surface area contributed by atoms with Crippen molar-refractivity contribution in [1.82, 2.24) is 10.2 Å². The third-order valence-electron chi connectivity index (χ3n) is 6.83. The minimum atomic E-state index is -1.74. The fourth-order valence-electron chi connectivity index (χ4n) is 5.08. The Morgan fingerprint density at radius 1 is 1.14 bits per heavy atom. The van der Waals surface area contributed by atoms with Crippen molar-refractivity contribution in [2.45, 2.75) is 37.8 Å². The number of rotatable bonds is 9. The van der Waals surface area contributed by atoms with Crippen LogP contribution in [-0.2, 0) is 20.8 Å². The molecule has 2 aromatic carbocycles. The molecule has 4 unspecified atom stereocenters. The molecule has 0 bridgehead atoms. The summed E-state index contributed by atoms with van der Waals surface area (Å²) in [5.41, 5.74) is -0.449. The van der Waals surface area contributed by atoms with Crippen LogP contribution in [0.1, 0.15) is 30.9 Å². The molecule has 35 heavy (non-hydrogen) atoms. The number of hydrogen-bond acceptors (Lipinski definition) is 6. The number of amides is 2. The highest BCUT2D eigenvalue weighted by Crippen LogP contribution is 2.45. The SMILES string of the molecule is CCCCN1C(=O)C2C(/C=C/c3ccccc3)NC(Cc3ccc([N+](=O)[O-])cc3)(C(=O)O)C2C1=O. The third-order valence-corrected chi connectivity index (χ3v) is 6.83. The molecule has 4 atom stereocenters. The van der Waals surface area contributed by atoms with Crippen molar-refractivity contribution >= 4 is 29.5 Å². The second kappa shape index (κ2) is 9.79. The number of nitro groups is 1. The number of nitro benzene ring substituents is 1. The lowest BCUT2D eigenvalue weighted by Crippen LogP contribution is -2.58. The van der Waals surface area contributed by atoms with E-state index in [2.05, 4.69) is 5.32 Å². The van der Waals surface area contributed by atoms with Gasteiger partial charge in [-0.2, -0.15) is 0 Å². The van der Waals surface area contributed by atoms with Crippen molar-refractivity contribution in [3.63, 3.8) is 0 Å². The predicted octanol–water partition coefficient (Wildman–Crippen LogP) is 3.05. The Labute approximate surface area is 202 Å². The van der Waals surface area contributed by atoms with Crippen LogP contribution in [0.15, 0.2) is 60.7 Å². The minimum absolute atomic E-state index is 0.0994. The van der Waals surface area contributed by atoms with E-state index >= 15 is 0 Å². The van der Waals surface area contributed by atoms with Crippen LogP contribution in [0.5, 0.6) is 0 Å². The molecule has 2 heterocycles. The van der Waals surface area contributed by atoms with Gasteiger partial charge in [-0.05, 0) is 17.5 Å². The first kappa shape index (κ1) is 24.3. The van der Waals surface area contributed by atoms with Crippen molar-refractivity contribution in [2.75, 3.05) is 6.54 Å². The van der Waals surface area contributed by atoms with Gasteiger partial charge in [-0.25, -0.2) is 0 Å². The molecule has 2 aromatic rings. The number of aliphatic carboxylic acids is 1. The number of imide groups is 1. The number of non-ortho nitro benzene ring substituents is 1. The predicted molar refractivity (Wildman–Crippen MR) is 128 cm³/mol. The number of carboxylic acid groups (broad SMARTS) is 1. The van der Waals surface area contributed by atoms with Gasteiger partial charge in [0.2, 0.25) is 11.8 Å². The van der Waals surface area contributed by atoms with E-state index in [-0.39, 0.29) is 24.6 Å². The van der Waals surface area contributed by atoms with E-state index in [9.17, 15) is 29.6 Å². The molecular formula is C26H27N3O6. The van der Waals surface area contributed by atoms with E-state index < -0.39 is 40.2 Å². The van der Waals surface area contributed by atoms with Gasteiger partial charge >= 0.3 is 5.97 Å². The van der Waals surface area contributed by atoms with Gasteiger partial charge < -0.3 is 5.11 Å². The van der Waals surface area contributed by atoms with Gasteiger partial charge in [0.05, 0.1) is 16.8 Å². The monoisotopic (exact) mass is 477 g/mol. The fourth-order valence-corrected chi connectivity index (χ4v) is 5.08. The molecule has 0 saturated carbocycles. The zero-order valence-electron chi connectivity index (χ0n) is 19.3. The molecule has 0 aliphatic carbocycles. The van der Waals surface area contributed by atoms with Crippen molar-refractivity contribution in [1.29, 1.82) is 0 Å². The van der Waals surface area contributed by atoms with Gasteiger partial charge in [0.1, 0.15) is 5.54 Å². The Balaban J connectivity index is 1.73. The van der Waals surface area contributed by atoms with Gasteiger partial charge in [-0.15, -0.1) is 0 Å². The van der Waals surface area contributed by atoms with Crippen molar-refractivity contribution in [3.8, 4) is 0 Å².